The first-order valence-electron chi connectivity index (χ1n) is 4.96. The molecule has 0 aromatic rings. The molecule has 78 valence electrons. The van der Waals surface area contributed by atoms with Crippen LogP contribution in [0.4, 0.5) is 0 Å². The standard InChI is InChI=1S/C8H20N4.BH3/c1-2-4-6-8-10-12-11-9-7-5-3-1;/h9-12H,1-8H2;1H3. The summed E-state index contributed by atoms with van der Waals surface area (Å²) in [4.78, 5) is 0. The van der Waals surface area contributed by atoms with Crippen LogP contribution in [0, 0.1) is 0 Å². The number of hydrogen-bond donors (Lipinski definition) is 4. The maximum atomic E-state index is 3.08. The highest BCUT2D eigenvalue weighted by atomic mass is 15.7. The maximum Gasteiger partial charge on any atom is 0.0814 e. The summed E-state index contributed by atoms with van der Waals surface area (Å²) >= 11 is 0. The van der Waals surface area contributed by atoms with E-state index in [0.717, 1.165) is 13.1 Å². The van der Waals surface area contributed by atoms with Gasteiger partial charge in [0.25, 0.3) is 0 Å². The SMILES string of the molecule is B.C1CCCCNNNNCCC1. The fourth-order valence-electron chi connectivity index (χ4n) is 1.35. The van der Waals surface area contributed by atoms with E-state index in [-0.39, 0.29) is 8.41 Å². The van der Waals surface area contributed by atoms with Crippen molar-refractivity contribution in [3.8, 4) is 0 Å². The van der Waals surface area contributed by atoms with Crippen LogP contribution in [0.15, 0.2) is 0 Å². The third-order valence-electron chi connectivity index (χ3n) is 2.09. The topological polar surface area (TPSA) is 48.1 Å². The first-order valence-corrected chi connectivity index (χ1v) is 4.96. The molecule has 1 aliphatic heterocycles. The van der Waals surface area contributed by atoms with Crippen LogP contribution in [0.1, 0.15) is 38.5 Å². The van der Waals surface area contributed by atoms with E-state index in [9.17, 15) is 0 Å². The van der Waals surface area contributed by atoms with Gasteiger partial charge in [-0.15, -0.1) is 0 Å². The lowest BCUT2D eigenvalue weighted by Gasteiger charge is -2.11. The molecule has 1 rings (SSSR count). The van der Waals surface area contributed by atoms with E-state index in [1.165, 1.54) is 38.5 Å². The lowest BCUT2D eigenvalue weighted by molar-refractivity contribution is 0.354. The van der Waals surface area contributed by atoms with E-state index < -0.39 is 0 Å². The highest BCUT2D eigenvalue weighted by Crippen LogP contribution is 2.04. The molecule has 0 bridgehead atoms. The van der Waals surface area contributed by atoms with Crippen molar-refractivity contribution in [2.24, 2.45) is 0 Å². The summed E-state index contributed by atoms with van der Waals surface area (Å²) in [5.41, 5.74) is 11.9. The number of rotatable bonds is 0. The van der Waals surface area contributed by atoms with Crippen molar-refractivity contribution < 1.29 is 0 Å². The van der Waals surface area contributed by atoms with E-state index in [1.54, 1.807) is 0 Å². The zero-order valence-corrected chi connectivity index (χ0v) is 7.66. The van der Waals surface area contributed by atoms with Gasteiger partial charge in [0, 0.05) is 13.1 Å². The second-order valence-corrected chi connectivity index (χ2v) is 3.22. The minimum atomic E-state index is 0. The molecule has 0 aromatic heterocycles. The molecule has 0 aromatic carbocycles. The maximum absolute atomic E-state index is 3.08. The Morgan fingerprint density at radius 1 is 0.538 bits per heavy atom. The molecule has 0 atom stereocenters. The van der Waals surface area contributed by atoms with Crippen LogP contribution in [-0.4, -0.2) is 21.5 Å². The summed E-state index contributed by atoms with van der Waals surface area (Å²) in [6, 6.07) is 0. The Bertz CT molecular complexity index is 59.1. The second kappa shape index (κ2) is 9.99. The fraction of sp³-hybridized carbons (Fsp3) is 1.00. The lowest BCUT2D eigenvalue weighted by atomic mass is 10.1. The van der Waals surface area contributed by atoms with Crippen molar-refractivity contribution in [2.45, 2.75) is 38.5 Å². The van der Waals surface area contributed by atoms with Gasteiger partial charge in [-0.25, -0.2) is 10.9 Å². The van der Waals surface area contributed by atoms with Crippen molar-refractivity contribution in [3.63, 3.8) is 0 Å². The molecular weight excluding hydrogens is 163 g/mol. The zero-order valence-electron chi connectivity index (χ0n) is 7.66. The fourth-order valence-corrected chi connectivity index (χ4v) is 1.35. The molecule has 1 heterocycles. The van der Waals surface area contributed by atoms with Crippen LogP contribution >= 0.6 is 0 Å². The van der Waals surface area contributed by atoms with E-state index in [2.05, 4.69) is 21.9 Å². The summed E-state index contributed by atoms with van der Waals surface area (Å²) in [5.74, 6) is 0. The molecule has 0 spiro atoms. The molecule has 1 fully saturated rings. The molecule has 5 heteroatoms. The highest BCUT2D eigenvalue weighted by molar-refractivity contribution is 5.75. The molecule has 0 saturated carbocycles. The van der Waals surface area contributed by atoms with Crippen molar-refractivity contribution in [1.29, 1.82) is 0 Å². The first-order chi connectivity index (χ1) is 6.00. The molecule has 1 saturated heterocycles. The summed E-state index contributed by atoms with van der Waals surface area (Å²) in [6.45, 7) is 2.07. The van der Waals surface area contributed by atoms with Gasteiger partial charge < -0.3 is 0 Å². The number of hydrazine groups is 3. The molecule has 0 amide bonds. The van der Waals surface area contributed by atoms with Crippen molar-refractivity contribution in [2.75, 3.05) is 13.1 Å². The monoisotopic (exact) mass is 186 g/mol. The van der Waals surface area contributed by atoms with E-state index in [1.807, 2.05) is 0 Å². The molecular formula is C8H23BN4. The molecule has 0 radical (unpaired) electrons. The van der Waals surface area contributed by atoms with Crippen LogP contribution in [0.3, 0.4) is 0 Å². The average Bonchev–Trinajstić information content (AvgIpc) is 2.05. The van der Waals surface area contributed by atoms with Crippen LogP contribution in [0.2, 0.25) is 0 Å². The van der Waals surface area contributed by atoms with E-state index in [4.69, 9.17) is 0 Å². The average molecular weight is 186 g/mol. The van der Waals surface area contributed by atoms with Crippen molar-refractivity contribution >= 4 is 8.41 Å². The van der Waals surface area contributed by atoms with Gasteiger partial charge in [-0.2, -0.15) is 11.1 Å². The van der Waals surface area contributed by atoms with Gasteiger partial charge in [0.05, 0.1) is 8.41 Å². The molecule has 0 aliphatic carbocycles. The zero-order chi connectivity index (χ0) is 8.49. The van der Waals surface area contributed by atoms with Crippen LogP contribution < -0.4 is 21.9 Å². The van der Waals surface area contributed by atoms with Gasteiger partial charge in [-0.3, -0.25) is 0 Å². The molecule has 13 heavy (non-hydrogen) atoms. The quantitative estimate of drug-likeness (QED) is 0.376. The van der Waals surface area contributed by atoms with Crippen molar-refractivity contribution in [1.82, 2.24) is 21.9 Å². The predicted molar refractivity (Wildman–Crippen MR) is 59.9 cm³/mol. The van der Waals surface area contributed by atoms with Crippen LogP contribution in [-0.2, 0) is 0 Å². The lowest BCUT2D eigenvalue weighted by Crippen LogP contribution is -2.51. The Morgan fingerprint density at radius 2 is 0.923 bits per heavy atom. The van der Waals surface area contributed by atoms with Gasteiger partial charge >= 0.3 is 0 Å². The van der Waals surface area contributed by atoms with Crippen LogP contribution in [0.25, 0.3) is 0 Å². The first kappa shape index (κ1) is 12.9. The van der Waals surface area contributed by atoms with Gasteiger partial charge in [-0.1, -0.05) is 25.7 Å². The third-order valence-corrected chi connectivity index (χ3v) is 2.09. The largest absolute Gasteiger partial charge is 0.243 e. The summed E-state index contributed by atoms with van der Waals surface area (Å²) in [6.07, 6.45) is 7.98. The molecule has 4 N–H and O–H groups in total. The minimum absolute atomic E-state index is 0. The molecule has 0 unspecified atom stereocenters. The highest BCUT2D eigenvalue weighted by Gasteiger charge is 1.93. The molecule has 4 nitrogen and oxygen atoms in total. The molecule has 1 aliphatic rings. The number of hydrogen-bond acceptors (Lipinski definition) is 4. The predicted octanol–water partition coefficient (Wildman–Crippen LogP) is -0.740. The summed E-state index contributed by atoms with van der Waals surface area (Å²) in [7, 11) is 0. The van der Waals surface area contributed by atoms with E-state index >= 15 is 0 Å². The van der Waals surface area contributed by atoms with Gasteiger partial charge in [0.15, 0.2) is 0 Å². The smallest absolute Gasteiger partial charge is 0.0814 e. The van der Waals surface area contributed by atoms with Gasteiger partial charge in [0.1, 0.15) is 0 Å². The summed E-state index contributed by atoms with van der Waals surface area (Å²) < 4.78 is 0. The van der Waals surface area contributed by atoms with Crippen molar-refractivity contribution in [3.05, 3.63) is 0 Å². The Kier molecular flexibility index (Phi) is 9.92. The summed E-state index contributed by atoms with van der Waals surface area (Å²) in [5, 5.41) is 0. The van der Waals surface area contributed by atoms with Gasteiger partial charge in [-0.05, 0) is 12.8 Å². The number of nitrogens with one attached hydrogen (secondary N) is 4. The Hall–Kier alpha value is -0.0951. The van der Waals surface area contributed by atoms with Crippen LogP contribution in [0.5, 0.6) is 0 Å². The normalized spacial score (nSPS) is 22.2. The van der Waals surface area contributed by atoms with E-state index in [0.29, 0.717) is 0 Å². The van der Waals surface area contributed by atoms with Gasteiger partial charge in [0.2, 0.25) is 0 Å². The third kappa shape index (κ3) is 8.24. The Morgan fingerprint density at radius 3 is 1.38 bits per heavy atom. The minimum Gasteiger partial charge on any atom is -0.243 e. The Labute approximate surface area is 82.7 Å². The second-order valence-electron chi connectivity index (χ2n) is 3.22. The Balaban J connectivity index is 0.00000144.